The molecule has 3 nitrogen and oxygen atoms in total. The molecule has 76 valence electrons. The van der Waals surface area contributed by atoms with Gasteiger partial charge in [-0.3, -0.25) is 4.99 Å². The van der Waals surface area contributed by atoms with Crippen LogP contribution in [0.4, 0.5) is 0 Å². The van der Waals surface area contributed by atoms with Gasteiger partial charge in [-0.05, 0) is 26.0 Å². The van der Waals surface area contributed by atoms with Crippen molar-refractivity contribution in [2.45, 2.75) is 19.9 Å². The second-order valence-corrected chi connectivity index (χ2v) is 3.33. The molecule has 0 fully saturated rings. The minimum Gasteiger partial charge on any atom is -0.323 e. The summed E-state index contributed by atoms with van der Waals surface area (Å²) in [4.78, 5) is 6.15. The summed E-state index contributed by atoms with van der Waals surface area (Å²) in [5.41, 5.74) is 1.70. The maximum Gasteiger partial charge on any atom is 0.0944 e. The van der Waals surface area contributed by atoms with E-state index in [4.69, 9.17) is 11.7 Å². The minimum atomic E-state index is 0.112. The van der Waals surface area contributed by atoms with Crippen molar-refractivity contribution in [1.82, 2.24) is 4.90 Å². The van der Waals surface area contributed by atoms with Gasteiger partial charge in [0.05, 0.1) is 25.0 Å². The van der Waals surface area contributed by atoms with E-state index in [-0.39, 0.29) is 6.04 Å². The van der Waals surface area contributed by atoms with Crippen LogP contribution >= 0.6 is 0 Å². The Morgan fingerprint density at radius 2 is 2.53 bits per heavy atom. The third kappa shape index (κ3) is 2.72. The van der Waals surface area contributed by atoms with E-state index in [0.717, 1.165) is 5.70 Å². The number of rotatable bonds is 2. The number of nitriles is 1. The van der Waals surface area contributed by atoms with Crippen LogP contribution in [-0.4, -0.2) is 23.8 Å². The van der Waals surface area contributed by atoms with E-state index >= 15 is 0 Å². The van der Waals surface area contributed by atoms with E-state index in [9.17, 15) is 0 Å². The Kier molecular flexibility index (Phi) is 3.71. The number of hydrogen-bond donors (Lipinski definition) is 0. The molecule has 0 saturated carbocycles. The topological polar surface area (TPSA) is 39.4 Å². The molecule has 0 aromatic carbocycles. The lowest BCUT2D eigenvalue weighted by Crippen LogP contribution is -2.20. The molecule has 0 saturated heterocycles. The molecular weight excluding hydrogens is 186 g/mol. The Bertz CT molecular complexity index is 402. The SMILES string of the molecule is C#CCN1C=NC(C)/C1=C\C=C(/C)C#N. The van der Waals surface area contributed by atoms with Gasteiger partial charge in [-0.2, -0.15) is 5.26 Å². The molecule has 0 spiro atoms. The van der Waals surface area contributed by atoms with E-state index in [1.165, 1.54) is 0 Å². The first-order chi connectivity index (χ1) is 7.19. The molecule has 0 bridgehead atoms. The van der Waals surface area contributed by atoms with Crippen molar-refractivity contribution in [3.05, 3.63) is 23.4 Å². The van der Waals surface area contributed by atoms with E-state index in [1.54, 1.807) is 19.3 Å². The molecular formula is C12H13N3. The first kappa shape index (κ1) is 11.1. The van der Waals surface area contributed by atoms with Crippen LogP contribution in [0.25, 0.3) is 0 Å². The van der Waals surface area contributed by atoms with Gasteiger partial charge in [0.25, 0.3) is 0 Å². The van der Waals surface area contributed by atoms with Gasteiger partial charge in [-0.25, -0.2) is 0 Å². The predicted molar refractivity (Wildman–Crippen MR) is 60.9 cm³/mol. The van der Waals surface area contributed by atoms with E-state index in [1.807, 2.05) is 17.9 Å². The van der Waals surface area contributed by atoms with Crippen molar-refractivity contribution in [3.8, 4) is 18.4 Å². The molecule has 0 aromatic heterocycles. The maximum atomic E-state index is 8.62. The summed E-state index contributed by atoms with van der Waals surface area (Å²) < 4.78 is 0. The second-order valence-electron chi connectivity index (χ2n) is 3.33. The molecule has 0 amide bonds. The van der Waals surface area contributed by atoms with Crippen LogP contribution in [0.5, 0.6) is 0 Å². The van der Waals surface area contributed by atoms with Crippen LogP contribution in [0.15, 0.2) is 28.4 Å². The normalized spacial score (nSPS) is 22.9. The fourth-order valence-corrected chi connectivity index (χ4v) is 1.28. The Morgan fingerprint density at radius 3 is 3.13 bits per heavy atom. The third-order valence-electron chi connectivity index (χ3n) is 2.13. The number of nitrogens with zero attached hydrogens (tertiary/aromatic N) is 3. The maximum absolute atomic E-state index is 8.62. The van der Waals surface area contributed by atoms with Crippen LogP contribution in [0, 0.1) is 23.7 Å². The van der Waals surface area contributed by atoms with Crippen molar-refractivity contribution >= 4 is 6.34 Å². The molecule has 1 heterocycles. The first-order valence-corrected chi connectivity index (χ1v) is 4.71. The molecule has 0 N–H and O–H groups in total. The summed E-state index contributed by atoms with van der Waals surface area (Å²) in [7, 11) is 0. The van der Waals surface area contributed by atoms with Gasteiger partial charge in [0.1, 0.15) is 0 Å². The number of hydrogen-bond acceptors (Lipinski definition) is 3. The zero-order valence-corrected chi connectivity index (χ0v) is 8.94. The zero-order chi connectivity index (χ0) is 11.3. The first-order valence-electron chi connectivity index (χ1n) is 4.71. The quantitative estimate of drug-likeness (QED) is 0.501. The molecule has 0 aliphatic carbocycles. The fraction of sp³-hybridized carbons (Fsp3) is 0.333. The highest BCUT2D eigenvalue weighted by Crippen LogP contribution is 2.17. The number of terminal acetylenes is 1. The lowest BCUT2D eigenvalue weighted by atomic mass is 10.2. The van der Waals surface area contributed by atoms with Crippen molar-refractivity contribution in [2.75, 3.05) is 6.54 Å². The average molecular weight is 199 g/mol. The molecule has 1 rings (SSSR count). The van der Waals surface area contributed by atoms with E-state index < -0.39 is 0 Å². The third-order valence-corrected chi connectivity index (χ3v) is 2.13. The molecule has 1 aliphatic heterocycles. The fourth-order valence-electron chi connectivity index (χ4n) is 1.28. The van der Waals surface area contributed by atoms with Gasteiger partial charge in [0.2, 0.25) is 0 Å². The summed E-state index contributed by atoms with van der Waals surface area (Å²) in [6.45, 7) is 4.27. The molecule has 3 heteroatoms. The molecule has 1 unspecified atom stereocenters. The van der Waals surface area contributed by atoms with Crippen molar-refractivity contribution in [1.29, 1.82) is 5.26 Å². The lowest BCUT2D eigenvalue weighted by Gasteiger charge is -2.15. The van der Waals surface area contributed by atoms with Crippen LogP contribution in [-0.2, 0) is 0 Å². The van der Waals surface area contributed by atoms with Gasteiger partial charge in [-0.15, -0.1) is 6.42 Å². The smallest absolute Gasteiger partial charge is 0.0944 e. The predicted octanol–water partition coefficient (Wildman–Crippen LogP) is 1.71. The van der Waals surface area contributed by atoms with Gasteiger partial charge in [-0.1, -0.05) is 5.92 Å². The van der Waals surface area contributed by atoms with Crippen molar-refractivity contribution in [2.24, 2.45) is 4.99 Å². The van der Waals surface area contributed by atoms with Crippen molar-refractivity contribution < 1.29 is 0 Å². The van der Waals surface area contributed by atoms with Gasteiger partial charge in [0.15, 0.2) is 0 Å². The average Bonchev–Trinajstić information content (AvgIpc) is 2.57. The molecule has 1 aliphatic rings. The van der Waals surface area contributed by atoms with E-state index in [0.29, 0.717) is 12.1 Å². The molecule has 0 aromatic rings. The molecule has 1 atom stereocenters. The Morgan fingerprint density at radius 1 is 1.80 bits per heavy atom. The highest BCUT2D eigenvalue weighted by molar-refractivity contribution is 5.64. The largest absolute Gasteiger partial charge is 0.323 e. The van der Waals surface area contributed by atoms with Crippen LogP contribution in [0.1, 0.15) is 13.8 Å². The standard InChI is InChI=1S/C12H13N3/c1-4-7-15-9-14-11(3)12(15)6-5-10(2)8-13/h1,5-6,9,11H,7H2,2-3H3/b10-5+,12-6+. The summed E-state index contributed by atoms with van der Waals surface area (Å²) >= 11 is 0. The Balaban J connectivity index is 2.85. The minimum absolute atomic E-state index is 0.112. The summed E-state index contributed by atoms with van der Waals surface area (Å²) in [6, 6.07) is 2.18. The van der Waals surface area contributed by atoms with Crippen LogP contribution in [0.3, 0.4) is 0 Å². The Labute approximate surface area is 90.4 Å². The molecule has 15 heavy (non-hydrogen) atoms. The van der Waals surface area contributed by atoms with Gasteiger partial charge >= 0.3 is 0 Å². The monoisotopic (exact) mass is 199 g/mol. The van der Waals surface area contributed by atoms with E-state index in [2.05, 4.69) is 17.0 Å². The lowest BCUT2D eigenvalue weighted by molar-refractivity contribution is 0.585. The number of allylic oxidation sites excluding steroid dienone is 3. The van der Waals surface area contributed by atoms with Crippen LogP contribution in [0.2, 0.25) is 0 Å². The highest BCUT2D eigenvalue weighted by atomic mass is 15.2. The van der Waals surface area contributed by atoms with Crippen molar-refractivity contribution in [3.63, 3.8) is 0 Å². The van der Waals surface area contributed by atoms with Gasteiger partial charge < -0.3 is 4.90 Å². The Hall–Kier alpha value is -2.00. The zero-order valence-electron chi connectivity index (χ0n) is 8.94. The highest BCUT2D eigenvalue weighted by Gasteiger charge is 2.18. The van der Waals surface area contributed by atoms with Crippen LogP contribution < -0.4 is 0 Å². The second kappa shape index (κ2) is 5.02. The van der Waals surface area contributed by atoms with Gasteiger partial charge in [0, 0.05) is 11.3 Å². The summed E-state index contributed by atoms with van der Waals surface area (Å²) in [5, 5.41) is 8.62. The molecule has 0 radical (unpaired) electrons. The number of aliphatic imine (C=N–C) groups is 1. The summed E-state index contributed by atoms with van der Waals surface area (Å²) in [6.07, 6.45) is 10.7. The summed E-state index contributed by atoms with van der Waals surface area (Å²) in [5.74, 6) is 2.57.